The topological polar surface area (TPSA) is 43.8 Å². The Kier molecular flexibility index (Phi) is 3.95. The number of halogens is 1. The molecule has 1 aromatic heterocycles. The van der Waals surface area contributed by atoms with Gasteiger partial charge in [-0.3, -0.25) is 4.68 Å². The monoisotopic (exact) mass is 275 g/mol. The molecule has 0 fully saturated rings. The van der Waals surface area contributed by atoms with E-state index >= 15 is 0 Å². The van der Waals surface area contributed by atoms with E-state index in [0.717, 1.165) is 11.4 Å². The molecule has 0 saturated heterocycles. The highest BCUT2D eigenvalue weighted by Gasteiger charge is 2.24. The lowest BCUT2D eigenvalue weighted by molar-refractivity contribution is 0.547. The van der Waals surface area contributed by atoms with Gasteiger partial charge in [0.2, 0.25) is 0 Å². The summed E-state index contributed by atoms with van der Waals surface area (Å²) in [5.74, 6) is -0.397. The van der Waals surface area contributed by atoms with E-state index in [0.29, 0.717) is 12.1 Å². The number of nitrogens with zero attached hydrogens (tertiary/aromatic N) is 2. The van der Waals surface area contributed by atoms with E-state index in [2.05, 4.69) is 25.9 Å². The molecule has 2 aromatic rings. The lowest BCUT2D eigenvalue weighted by atomic mass is 9.90. The summed E-state index contributed by atoms with van der Waals surface area (Å²) < 4.78 is 15.8. The summed E-state index contributed by atoms with van der Waals surface area (Å²) in [6.07, 6.45) is 0. The molecule has 1 unspecified atom stereocenters. The zero-order valence-corrected chi connectivity index (χ0v) is 12.5. The first-order valence-electron chi connectivity index (χ1n) is 6.83. The van der Waals surface area contributed by atoms with E-state index in [-0.39, 0.29) is 17.2 Å². The molecule has 0 amide bonds. The molecular formula is C16H22FN3. The molecule has 2 rings (SSSR count). The molecule has 108 valence electrons. The van der Waals surface area contributed by atoms with Crippen LogP contribution in [0.4, 0.5) is 4.39 Å². The zero-order chi connectivity index (χ0) is 14.9. The van der Waals surface area contributed by atoms with E-state index in [1.54, 1.807) is 12.1 Å². The van der Waals surface area contributed by atoms with Crippen LogP contribution in [0.15, 0.2) is 30.3 Å². The van der Waals surface area contributed by atoms with Crippen LogP contribution >= 0.6 is 0 Å². The SMILES string of the molecule is Cn1nc(C(C)(C)C)cc1C(CN)c1ccccc1F. The maximum Gasteiger partial charge on any atom is 0.127 e. The Morgan fingerprint density at radius 1 is 1.30 bits per heavy atom. The van der Waals surface area contributed by atoms with Gasteiger partial charge in [0.15, 0.2) is 0 Å². The first-order valence-corrected chi connectivity index (χ1v) is 6.83. The van der Waals surface area contributed by atoms with Gasteiger partial charge in [-0.05, 0) is 17.7 Å². The van der Waals surface area contributed by atoms with E-state index < -0.39 is 0 Å². The molecule has 1 atom stereocenters. The number of aryl methyl sites for hydroxylation is 1. The fraction of sp³-hybridized carbons (Fsp3) is 0.438. The van der Waals surface area contributed by atoms with Gasteiger partial charge in [0.05, 0.1) is 5.69 Å². The Hall–Kier alpha value is -1.68. The quantitative estimate of drug-likeness (QED) is 0.936. The van der Waals surface area contributed by atoms with Crippen LogP contribution < -0.4 is 5.73 Å². The minimum absolute atomic E-state index is 0.0373. The van der Waals surface area contributed by atoms with Gasteiger partial charge in [-0.15, -0.1) is 0 Å². The fourth-order valence-corrected chi connectivity index (χ4v) is 2.34. The Labute approximate surface area is 119 Å². The molecular weight excluding hydrogens is 253 g/mol. The number of aromatic nitrogens is 2. The third-order valence-corrected chi connectivity index (χ3v) is 3.56. The van der Waals surface area contributed by atoms with Crippen LogP contribution in [0.5, 0.6) is 0 Å². The van der Waals surface area contributed by atoms with Gasteiger partial charge in [-0.1, -0.05) is 39.0 Å². The minimum atomic E-state index is -0.221. The average molecular weight is 275 g/mol. The highest BCUT2D eigenvalue weighted by molar-refractivity contribution is 5.32. The number of benzene rings is 1. The number of hydrogen-bond acceptors (Lipinski definition) is 2. The molecule has 0 bridgehead atoms. The summed E-state index contributed by atoms with van der Waals surface area (Å²) >= 11 is 0. The molecule has 3 nitrogen and oxygen atoms in total. The number of nitrogens with two attached hydrogens (primary N) is 1. The molecule has 0 radical (unpaired) electrons. The van der Waals surface area contributed by atoms with Crippen molar-refractivity contribution in [2.24, 2.45) is 12.8 Å². The number of hydrogen-bond donors (Lipinski definition) is 1. The summed E-state index contributed by atoms with van der Waals surface area (Å²) in [6.45, 7) is 6.68. The van der Waals surface area contributed by atoms with E-state index in [1.165, 1.54) is 6.07 Å². The smallest absolute Gasteiger partial charge is 0.127 e. The third kappa shape index (κ3) is 2.75. The molecule has 1 heterocycles. The van der Waals surface area contributed by atoms with Crippen LogP contribution in [-0.2, 0) is 12.5 Å². The standard InChI is InChI=1S/C16H22FN3/c1-16(2,3)15-9-14(20(4)19-15)12(10-18)11-7-5-6-8-13(11)17/h5-9,12H,10,18H2,1-4H3. The zero-order valence-electron chi connectivity index (χ0n) is 12.5. The van der Waals surface area contributed by atoms with Crippen LogP contribution in [0.3, 0.4) is 0 Å². The van der Waals surface area contributed by atoms with E-state index in [9.17, 15) is 4.39 Å². The van der Waals surface area contributed by atoms with Crippen LogP contribution in [0, 0.1) is 5.82 Å². The van der Waals surface area contributed by atoms with Crippen LogP contribution in [0.1, 0.15) is 43.6 Å². The van der Waals surface area contributed by atoms with Gasteiger partial charge in [-0.2, -0.15) is 5.10 Å². The maximum absolute atomic E-state index is 14.0. The predicted octanol–water partition coefficient (Wildman–Crippen LogP) is 2.95. The van der Waals surface area contributed by atoms with Crippen LogP contribution in [0.25, 0.3) is 0 Å². The van der Waals surface area contributed by atoms with Crippen molar-refractivity contribution < 1.29 is 4.39 Å². The van der Waals surface area contributed by atoms with Gasteiger partial charge in [0, 0.05) is 30.6 Å². The van der Waals surface area contributed by atoms with E-state index in [1.807, 2.05) is 23.9 Å². The summed E-state index contributed by atoms with van der Waals surface area (Å²) in [7, 11) is 1.88. The van der Waals surface area contributed by atoms with Gasteiger partial charge >= 0.3 is 0 Å². The first kappa shape index (κ1) is 14.7. The Morgan fingerprint density at radius 2 is 1.95 bits per heavy atom. The average Bonchev–Trinajstić information content (AvgIpc) is 2.75. The van der Waals surface area contributed by atoms with Gasteiger partial charge < -0.3 is 5.73 Å². The van der Waals surface area contributed by atoms with Crippen molar-refractivity contribution in [3.63, 3.8) is 0 Å². The first-order chi connectivity index (χ1) is 9.34. The summed E-state index contributed by atoms with van der Waals surface area (Å²) in [5.41, 5.74) is 8.41. The largest absolute Gasteiger partial charge is 0.329 e. The van der Waals surface area contributed by atoms with Crippen molar-refractivity contribution in [3.05, 3.63) is 53.1 Å². The second-order valence-corrected chi connectivity index (χ2v) is 6.14. The van der Waals surface area contributed by atoms with Crippen molar-refractivity contribution in [1.82, 2.24) is 9.78 Å². The predicted molar refractivity (Wildman–Crippen MR) is 79.2 cm³/mol. The molecule has 20 heavy (non-hydrogen) atoms. The summed E-state index contributed by atoms with van der Waals surface area (Å²) in [6, 6.07) is 8.82. The van der Waals surface area contributed by atoms with Gasteiger partial charge in [0.1, 0.15) is 5.82 Å². The number of rotatable bonds is 3. The molecule has 0 aliphatic heterocycles. The Morgan fingerprint density at radius 3 is 2.45 bits per heavy atom. The molecule has 4 heteroatoms. The summed E-state index contributed by atoms with van der Waals surface area (Å²) in [5, 5.41) is 4.54. The molecule has 2 N–H and O–H groups in total. The van der Waals surface area contributed by atoms with Gasteiger partial charge in [-0.25, -0.2) is 4.39 Å². The van der Waals surface area contributed by atoms with Crippen molar-refractivity contribution in [2.75, 3.05) is 6.54 Å². The van der Waals surface area contributed by atoms with Crippen LogP contribution in [0.2, 0.25) is 0 Å². The molecule has 1 aromatic carbocycles. The lowest BCUT2D eigenvalue weighted by Gasteiger charge is -2.16. The highest BCUT2D eigenvalue weighted by Crippen LogP contribution is 2.29. The second-order valence-electron chi connectivity index (χ2n) is 6.14. The molecule has 0 saturated carbocycles. The van der Waals surface area contributed by atoms with Crippen molar-refractivity contribution >= 4 is 0 Å². The van der Waals surface area contributed by atoms with Crippen molar-refractivity contribution in [1.29, 1.82) is 0 Å². The Bertz CT molecular complexity index is 596. The van der Waals surface area contributed by atoms with Crippen LogP contribution in [-0.4, -0.2) is 16.3 Å². The van der Waals surface area contributed by atoms with E-state index in [4.69, 9.17) is 5.73 Å². The maximum atomic E-state index is 14.0. The second kappa shape index (κ2) is 5.37. The highest BCUT2D eigenvalue weighted by atomic mass is 19.1. The van der Waals surface area contributed by atoms with Crippen molar-refractivity contribution in [2.45, 2.75) is 32.1 Å². The van der Waals surface area contributed by atoms with Gasteiger partial charge in [0.25, 0.3) is 0 Å². The fourth-order valence-electron chi connectivity index (χ4n) is 2.34. The minimum Gasteiger partial charge on any atom is -0.329 e. The van der Waals surface area contributed by atoms with Crippen molar-refractivity contribution in [3.8, 4) is 0 Å². The third-order valence-electron chi connectivity index (χ3n) is 3.56. The normalized spacial score (nSPS) is 13.5. The summed E-state index contributed by atoms with van der Waals surface area (Å²) in [4.78, 5) is 0. The lowest BCUT2D eigenvalue weighted by Crippen LogP contribution is -2.18. The molecule has 0 aliphatic rings. The molecule has 0 aliphatic carbocycles. The molecule has 0 spiro atoms. The Balaban J connectivity index is 2.48.